The van der Waals surface area contributed by atoms with Gasteiger partial charge in [-0.25, -0.2) is 0 Å². The Labute approximate surface area is 130 Å². The third-order valence-corrected chi connectivity index (χ3v) is 5.11. The van der Waals surface area contributed by atoms with Gasteiger partial charge in [0.25, 0.3) is 0 Å². The van der Waals surface area contributed by atoms with Gasteiger partial charge >= 0.3 is 0 Å². The Morgan fingerprint density at radius 2 is 0.941 bits per heavy atom. The zero-order valence-electron chi connectivity index (χ0n) is 10.7. The maximum atomic E-state index is 4.64. The maximum absolute atomic E-state index is 4.64. The van der Waals surface area contributed by atoms with Crippen LogP contribution in [0.25, 0.3) is 0 Å². The van der Waals surface area contributed by atoms with Crippen LogP contribution >= 0.6 is 50.5 Å². The topological polar surface area (TPSA) is 0 Å². The van der Waals surface area contributed by atoms with Crippen molar-refractivity contribution in [3.05, 3.63) is 0 Å². The molecule has 0 heterocycles. The maximum Gasteiger partial charge on any atom is 0.0134 e. The molecule has 0 radical (unpaired) electrons. The zero-order valence-corrected chi connectivity index (χ0v) is 14.3. The van der Waals surface area contributed by atoms with Gasteiger partial charge in [-0.3, -0.25) is 0 Å². The molecule has 0 saturated heterocycles. The normalized spacial score (nSPS) is 14.8. The van der Waals surface area contributed by atoms with Gasteiger partial charge < -0.3 is 0 Å². The van der Waals surface area contributed by atoms with Crippen LogP contribution in [-0.4, -0.2) is 22.0 Å². The number of rotatable bonds is 12. The number of hydrogen-bond acceptors (Lipinski definition) is 4. The first-order chi connectivity index (χ1) is 8.22. The van der Waals surface area contributed by atoms with Crippen molar-refractivity contribution < 1.29 is 0 Å². The SMILES string of the molecule is SCCCCCCCCC(S)C(S)CCCS. The molecule has 0 fully saturated rings. The van der Waals surface area contributed by atoms with Crippen molar-refractivity contribution in [3.8, 4) is 0 Å². The summed E-state index contributed by atoms with van der Waals surface area (Å²) in [5.41, 5.74) is 0. The van der Waals surface area contributed by atoms with Crippen molar-refractivity contribution in [2.75, 3.05) is 11.5 Å². The van der Waals surface area contributed by atoms with Crippen LogP contribution in [0.3, 0.4) is 0 Å². The Morgan fingerprint density at radius 3 is 1.47 bits per heavy atom. The van der Waals surface area contributed by atoms with Gasteiger partial charge in [-0.2, -0.15) is 50.5 Å². The molecule has 0 aromatic rings. The van der Waals surface area contributed by atoms with E-state index in [1.807, 2.05) is 0 Å². The minimum absolute atomic E-state index is 0.440. The van der Waals surface area contributed by atoms with Crippen LogP contribution in [0, 0.1) is 0 Å². The third-order valence-electron chi connectivity index (χ3n) is 3.01. The monoisotopic (exact) mass is 312 g/mol. The molecular weight excluding hydrogens is 284 g/mol. The van der Waals surface area contributed by atoms with Crippen LogP contribution in [0.1, 0.15) is 57.8 Å². The summed E-state index contributed by atoms with van der Waals surface area (Å²) in [6.45, 7) is 0. The molecule has 4 heteroatoms. The van der Waals surface area contributed by atoms with E-state index in [1.54, 1.807) is 0 Å². The van der Waals surface area contributed by atoms with Crippen LogP contribution in [0.5, 0.6) is 0 Å². The van der Waals surface area contributed by atoms with Crippen LogP contribution in [0.2, 0.25) is 0 Å². The third kappa shape index (κ3) is 12.2. The van der Waals surface area contributed by atoms with Gasteiger partial charge in [0.1, 0.15) is 0 Å². The van der Waals surface area contributed by atoms with Crippen molar-refractivity contribution in [2.45, 2.75) is 68.3 Å². The predicted octanol–water partition coefficient (Wildman–Crippen LogP) is 4.95. The molecule has 0 bridgehead atoms. The van der Waals surface area contributed by atoms with Crippen LogP contribution < -0.4 is 0 Å². The molecule has 17 heavy (non-hydrogen) atoms. The van der Waals surface area contributed by atoms with Crippen molar-refractivity contribution in [2.24, 2.45) is 0 Å². The minimum Gasteiger partial charge on any atom is -0.179 e. The second-order valence-corrected chi connectivity index (χ2v) is 6.86. The number of unbranched alkanes of at least 4 members (excludes halogenated alkanes) is 5. The highest BCUT2D eigenvalue weighted by Gasteiger charge is 2.12. The Bertz CT molecular complexity index is 152. The molecule has 0 nitrogen and oxygen atoms in total. The first-order valence-electron chi connectivity index (χ1n) is 6.80. The Kier molecular flexibility index (Phi) is 15.0. The first-order valence-corrected chi connectivity index (χ1v) is 9.10. The van der Waals surface area contributed by atoms with Crippen LogP contribution in [0.15, 0.2) is 0 Å². The fourth-order valence-corrected chi connectivity index (χ4v) is 2.93. The fourth-order valence-electron chi connectivity index (χ4n) is 1.86. The second kappa shape index (κ2) is 13.8. The fraction of sp³-hybridized carbons (Fsp3) is 1.00. The molecule has 0 aliphatic carbocycles. The average molecular weight is 313 g/mol. The van der Waals surface area contributed by atoms with Gasteiger partial charge in [-0.05, 0) is 37.2 Å². The molecule has 2 atom stereocenters. The van der Waals surface area contributed by atoms with E-state index in [0.717, 1.165) is 24.3 Å². The quantitative estimate of drug-likeness (QED) is 0.284. The van der Waals surface area contributed by atoms with E-state index in [9.17, 15) is 0 Å². The Morgan fingerprint density at radius 1 is 0.529 bits per heavy atom. The van der Waals surface area contributed by atoms with Gasteiger partial charge in [-0.1, -0.05) is 32.1 Å². The van der Waals surface area contributed by atoms with Crippen LogP contribution in [-0.2, 0) is 0 Å². The average Bonchev–Trinajstić information content (AvgIpc) is 2.34. The minimum atomic E-state index is 0.440. The molecule has 0 N–H and O–H groups in total. The predicted molar refractivity (Wildman–Crippen MR) is 94.8 cm³/mol. The summed E-state index contributed by atoms with van der Waals surface area (Å²) < 4.78 is 0. The molecular formula is C13H28S4. The molecule has 0 aliphatic rings. The van der Waals surface area contributed by atoms with Crippen molar-refractivity contribution in [1.29, 1.82) is 0 Å². The van der Waals surface area contributed by atoms with E-state index in [0.29, 0.717) is 10.5 Å². The van der Waals surface area contributed by atoms with E-state index in [2.05, 4.69) is 50.5 Å². The molecule has 0 aromatic carbocycles. The van der Waals surface area contributed by atoms with Crippen molar-refractivity contribution >= 4 is 50.5 Å². The first kappa shape index (κ1) is 18.4. The van der Waals surface area contributed by atoms with Gasteiger partial charge in [-0.15, -0.1) is 0 Å². The molecule has 0 aromatic heterocycles. The summed E-state index contributed by atoms with van der Waals surface area (Å²) in [6.07, 6.45) is 11.5. The molecule has 0 spiro atoms. The van der Waals surface area contributed by atoms with E-state index in [4.69, 9.17) is 0 Å². The highest BCUT2D eigenvalue weighted by molar-refractivity contribution is 7.85. The molecule has 104 valence electrons. The number of thiol groups is 4. The summed E-state index contributed by atoms with van der Waals surface area (Å²) in [6, 6.07) is 0. The molecule has 0 rings (SSSR count). The summed E-state index contributed by atoms with van der Waals surface area (Å²) in [4.78, 5) is 0. The highest BCUT2D eigenvalue weighted by atomic mass is 32.1. The second-order valence-electron chi connectivity index (χ2n) is 4.63. The largest absolute Gasteiger partial charge is 0.179 e. The zero-order chi connectivity index (χ0) is 12.9. The lowest BCUT2D eigenvalue weighted by molar-refractivity contribution is 0.570. The van der Waals surface area contributed by atoms with E-state index in [-0.39, 0.29) is 0 Å². The van der Waals surface area contributed by atoms with Gasteiger partial charge in [0.2, 0.25) is 0 Å². The number of hydrogen-bond donors (Lipinski definition) is 4. The van der Waals surface area contributed by atoms with Crippen molar-refractivity contribution in [1.82, 2.24) is 0 Å². The smallest absolute Gasteiger partial charge is 0.0134 e. The highest BCUT2D eigenvalue weighted by Crippen LogP contribution is 2.21. The summed E-state index contributed by atoms with van der Waals surface area (Å²) >= 11 is 17.7. The summed E-state index contributed by atoms with van der Waals surface area (Å²) in [5.74, 6) is 1.99. The lowest BCUT2D eigenvalue weighted by Crippen LogP contribution is -2.15. The van der Waals surface area contributed by atoms with E-state index >= 15 is 0 Å². The lowest BCUT2D eigenvalue weighted by Gasteiger charge is -2.17. The van der Waals surface area contributed by atoms with Gasteiger partial charge in [0.15, 0.2) is 0 Å². The standard InChI is InChI=1S/C13H28S4/c14-10-6-4-2-1-3-5-8-12(16)13(17)9-7-11-15/h12-17H,1-11H2. The summed E-state index contributed by atoms with van der Waals surface area (Å²) in [5, 5.41) is 0.894. The van der Waals surface area contributed by atoms with Gasteiger partial charge in [0, 0.05) is 10.5 Å². The van der Waals surface area contributed by atoms with Gasteiger partial charge in [0.05, 0.1) is 0 Å². The molecule has 0 amide bonds. The molecule has 0 aliphatic heterocycles. The lowest BCUT2D eigenvalue weighted by atomic mass is 10.1. The van der Waals surface area contributed by atoms with E-state index < -0.39 is 0 Å². The Hall–Kier alpha value is 1.40. The van der Waals surface area contributed by atoms with E-state index in [1.165, 1.54) is 44.9 Å². The molecule has 0 saturated carbocycles. The van der Waals surface area contributed by atoms with Crippen molar-refractivity contribution in [3.63, 3.8) is 0 Å². The summed E-state index contributed by atoms with van der Waals surface area (Å²) in [7, 11) is 0. The Balaban J connectivity index is 3.28. The molecule has 2 unspecified atom stereocenters. The van der Waals surface area contributed by atoms with Crippen LogP contribution in [0.4, 0.5) is 0 Å².